The monoisotopic (exact) mass is 195 g/mol. The van der Waals surface area contributed by atoms with Crippen LogP contribution in [0.2, 0.25) is 0 Å². The first-order valence-corrected chi connectivity index (χ1v) is 4.27. The Kier molecular flexibility index (Phi) is 3.94. The van der Waals surface area contributed by atoms with Crippen LogP contribution in [0, 0.1) is 0 Å². The molecule has 76 valence electrons. The van der Waals surface area contributed by atoms with E-state index in [4.69, 9.17) is 10.5 Å². The molecule has 0 aromatic heterocycles. The van der Waals surface area contributed by atoms with E-state index in [0.29, 0.717) is 12.4 Å². The van der Waals surface area contributed by atoms with Gasteiger partial charge in [0.25, 0.3) is 0 Å². The van der Waals surface area contributed by atoms with Gasteiger partial charge in [0, 0.05) is 7.11 Å². The number of carbonyl (C=O) groups is 1. The molecule has 0 radical (unpaired) electrons. The average molecular weight is 195 g/mol. The van der Waals surface area contributed by atoms with E-state index < -0.39 is 6.09 Å². The number of ether oxygens (including phenoxy) is 2. The zero-order valence-electron chi connectivity index (χ0n) is 8.03. The van der Waals surface area contributed by atoms with Gasteiger partial charge in [-0.25, -0.2) is 4.79 Å². The molecule has 0 atom stereocenters. The maximum atomic E-state index is 10.4. The van der Waals surface area contributed by atoms with Gasteiger partial charge in [-0.15, -0.1) is 0 Å². The number of hydrogen-bond donors (Lipinski definition) is 1. The zero-order valence-corrected chi connectivity index (χ0v) is 8.03. The highest BCUT2D eigenvalue weighted by Gasteiger charge is 1.98. The molecule has 0 saturated carbocycles. The van der Waals surface area contributed by atoms with Gasteiger partial charge in [-0.05, 0) is 24.1 Å². The molecule has 1 amide bonds. The van der Waals surface area contributed by atoms with Gasteiger partial charge in [0.05, 0.1) is 6.61 Å². The summed E-state index contributed by atoms with van der Waals surface area (Å²) in [6.07, 6.45) is 0.0440. The summed E-state index contributed by atoms with van der Waals surface area (Å²) in [7, 11) is 1.66. The summed E-state index contributed by atoms with van der Waals surface area (Å²) in [6, 6.07) is 7.15. The smallest absolute Gasteiger partial charge is 0.409 e. The zero-order chi connectivity index (χ0) is 10.4. The quantitative estimate of drug-likeness (QED) is 0.788. The van der Waals surface area contributed by atoms with Crippen molar-refractivity contribution in [1.29, 1.82) is 0 Å². The Morgan fingerprint density at radius 2 is 2.00 bits per heavy atom. The van der Waals surface area contributed by atoms with Crippen molar-refractivity contribution in [3.63, 3.8) is 0 Å². The molecular formula is C10H13NO3. The van der Waals surface area contributed by atoms with Crippen molar-refractivity contribution < 1.29 is 14.3 Å². The summed E-state index contributed by atoms with van der Waals surface area (Å²) in [5.41, 5.74) is 5.99. The molecule has 0 spiro atoms. The van der Waals surface area contributed by atoms with Crippen LogP contribution >= 0.6 is 0 Å². The minimum absolute atomic E-state index is 0.457. The average Bonchev–Trinajstić information content (AvgIpc) is 2.16. The Balaban J connectivity index is 2.54. The predicted molar refractivity (Wildman–Crippen MR) is 52.2 cm³/mol. The fourth-order valence-electron chi connectivity index (χ4n) is 1.06. The van der Waals surface area contributed by atoms with Crippen molar-refractivity contribution in [3.8, 4) is 5.75 Å². The van der Waals surface area contributed by atoms with Crippen molar-refractivity contribution in [1.82, 2.24) is 0 Å². The van der Waals surface area contributed by atoms with E-state index in [2.05, 4.69) is 4.74 Å². The van der Waals surface area contributed by atoms with Gasteiger partial charge in [-0.3, -0.25) is 0 Å². The van der Waals surface area contributed by atoms with Gasteiger partial charge < -0.3 is 15.2 Å². The molecule has 0 aliphatic rings. The Morgan fingerprint density at radius 3 is 2.50 bits per heavy atom. The summed E-state index contributed by atoms with van der Waals surface area (Å²) in [4.78, 5) is 10.4. The van der Waals surface area contributed by atoms with Crippen molar-refractivity contribution in [2.45, 2.75) is 6.42 Å². The van der Waals surface area contributed by atoms with Crippen molar-refractivity contribution in [3.05, 3.63) is 29.8 Å². The minimum Gasteiger partial charge on any atom is -0.411 e. The van der Waals surface area contributed by atoms with Crippen LogP contribution in [0.4, 0.5) is 4.79 Å². The Bertz CT molecular complexity index is 295. The first-order valence-electron chi connectivity index (χ1n) is 4.27. The van der Waals surface area contributed by atoms with Gasteiger partial charge in [0.1, 0.15) is 5.75 Å². The second-order valence-corrected chi connectivity index (χ2v) is 2.81. The van der Waals surface area contributed by atoms with E-state index in [9.17, 15) is 4.79 Å². The van der Waals surface area contributed by atoms with Crippen molar-refractivity contribution in [2.75, 3.05) is 13.7 Å². The second kappa shape index (κ2) is 5.24. The first kappa shape index (κ1) is 10.5. The highest BCUT2D eigenvalue weighted by atomic mass is 16.5. The molecule has 0 heterocycles. The highest BCUT2D eigenvalue weighted by Crippen LogP contribution is 2.12. The summed E-state index contributed by atoms with van der Waals surface area (Å²) < 4.78 is 9.62. The summed E-state index contributed by atoms with van der Waals surface area (Å²) in [5.74, 6) is 0.457. The van der Waals surface area contributed by atoms with Crippen LogP contribution in [0.3, 0.4) is 0 Å². The molecule has 2 N–H and O–H groups in total. The third-order valence-electron chi connectivity index (χ3n) is 1.74. The maximum Gasteiger partial charge on any atom is 0.409 e. The van der Waals surface area contributed by atoms with Crippen molar-refractivity contribution >= 4 is 6.09 Å². The lowest BCUT2D eigenvalue weighted by atomic mass is 10.1. The third kappa shape index (κ3) is 3.45. The molecule has 0 aliphatic carbocycles. The van der Waals surface area contributed by atoms with E-state index in [1.807, 2.05) is 12.1 Å². The molecular weight excluding hydrogens is 182 g/mol. The van der Waals surface area contributed by atoms with Crippen LogP contribution in [0.15, 0.2) is 24.3 Å². The lowest BCUT2D eigenvalue weighted by Crippen LogP contribution is -2.16. The van der Waals surface area contributed by atoms with Crippen LogP contribution in [-0.4, -0.2) is 19.8 Å². The standard InChI is InChI=1S/C10H13NO3/c1-13-7-6-8-2-4-9(5-3-8)14-10(11)12/h2-5H,6-7H2,1H3,(H2,11,12). The number of nitrogens with two attached hydrogens (primary N) is 1. The lowest BCUT2D eigenvalue weighted by molar-refractivity contribution is 0.202. The number of primary amides is 1. The molecule has 0 unspecified atom stereocenters. The number of rotatable bonds is 4. The summed E-state index contributed by atoms with van der Waals surface area (Å²) in [6.45, 7) is 0.677. The Hall–Kier alpha value is -1.55. The molecule has 1 rings (SSSR count). The largest absolute Gasteiger partial charge is 0.411 e. The summed E-state index contributed by atoms with van der Waals surface area (Å²) >= 11 is 0. The minimum atomic E-state index is -0.797. The molecule has 1 aromatic carbocycles. The van der Waals surface area contributed by atoms with Gasteiger partial charge in [0.15, 0.2) is 0 Å². The SMILES string of the molecule is COCCc1ccc(OC(N)=O)cc1. The highest BCUT2D eigenvalue weighted by molar-refractivity contribution is 5.67. The van der Waals surface area contributed by atoms with Crippen LogP contribution in [0.5, 0.6) is 5.75 Å². The van der Waals surface area contributed by atoms with Gasteiger partial charge in [0.2, 0.25) is 0 Å². The number of carbonyl (C=O) groups excluding carboxylic acids is 1. The number of hydrogen-bond acceptors (Lipinski definition) is 3. The topological polar surface area (TPSA) is 61.6 Å². The van der Waals surface area contributed by atoms with E-state index in [0.717, 1.165) is 12.0 Å². The second-order valence-electron chi connectivity index (χ2n) is 2.81. The number of methoxy groups -OCH3 is 1. The van der Waals surface area contributed by atoms with Crippen molar-refractivity contribution in [2.24, 2.45) is 5.73 Å². The lowest BCUT2D eigenvalue weighted by Gasteiger charge is -2.02. The summed E-state index contributed by atoms with van der Waals surface area (Å²) in [5, 5.41) is 0. The molecule has 0 fully saturated rings. The van der Waals surface area contributed by atoms with E-state index >= 15 is 0 Å². The first-order chi connectivity index (χ1) is 6.72. The third-order valence-corrected chi connectivity index (χ3v) is 1.74. The number of benzene rings is 1. The fraction of sp³-hybridized carbons (Fsp3) is 0.300. The van der Waals surface area contributed by atoms with Crippen LogP contribution in [-0.2, 0) is 11.2 Å². The normalized spacial score (nSPS) is 9.79. The number of amides is 1. The molecule has 4 heteroatoms. The molecule has 4 nitrogen and oxygen atoms in total. The van der Waals surface area contributed by atoms with Gasteiger partial charge in [-0.1, -0.05) is 12.1 Å². The van der Waals surface area contributed by atoms with Gasteiger partial charge in [-0.2, -0.15) is 0 Å². The van der Waals surface area contributed by atoms with Crippen LogP contribution in [0.25, 0.3) is 0 Å². The molecule has 14 heavy (non-hydrogen) atoms. The van der Waals surface area contributed by atoms with Crippen LogP contribution in [0.1, 0.15) is 5.56 Å². The van der Waals surface area contributed by atoms with Gasteiger partial charge >= 0.3 is 6.09 Å². The molecule has 0 aliphatic heterocycles. The maximum absolute atomic E-state index is 10.4. The Labute approximate surface area is 82.6 Å². The predicted octanol–water partition coefficient (Wildman–Crippen LogP) is 1.33. The van der Waals surface area contributed by atoms with E-state index in [-0.39, 0.29) is 0 Å². The van der Waals surface area contributed by atoms with E-state index in [1.165, 1.54) is 0 Å². The Morgan fingerprint density at radius 1 is 1.36 bits per heavy atom. The van der Waals surface area contributed by atoms with E-state index in [1.54, 1.807) is 19.2 Å². The molecule has 0 saturated heterocycles. The molecule has 0 bridgehead atoms. The fourth-order valence-corrected chi connectivity index (χ4v) is 1.06. The van der Waals surface area contributed by atoms with Crippen LogP contribution < -0.4 is 10.5 Å². The molecule has 1 aromatic rings.